The maximum Gasteiger partial charge on any atom is 0.139 e. The van der Waals surface area contributed by atoms with Crippen LogP contribution in [-0.2, 0) is 13.0 Å². The van der Waals surface area contributed by atoms with Gasteiger partial charge in [-0.15, -0.1) is 0 Å². The van der Waals surface area contributed by atoms with Crippen LogP contribution in [0, 0.1) is 12.3 Å². The summed E-state index contributed by atoms with van der Waals surface area (Å²) in [6.45, 7) is 7.52. The minimum Gasteiger partial charge on any atom is -0.306 e. The lowest BCUT2D eigenvalue weighted by atomic mass is 9.74. The molecule has 6 nitrogen and oxygen atoms in total. The van der Waals surface area contributed by atoms with Gasteiger partial charge in [-0.05, 0) is 58.8 Å². The van der Waals surface area contributed by atoms with Gasteiger partial charge in [0.2, 0.25) is 0 Å². The third-order valence-electron chi connectivity index (χ3n) is 5.93. The number of aryl methyl sites for hydroxylation is 1. The molecule has 2 aromatic heterocycles. The van der Waals surface area contributed by atoms with Gasteiger partial charge in [0.15, 0.2) is 0 Å². The summed E-state index contributed by atoms with van der Waals surface area (Å²) in [5.41, 5.74) is 7.88. The molecule has 0 saturated heterocycles. The highest BCUT2D eigenvalue weighted by Gasteiger charge is 2.35. The third-order valence-corrected chi connectivity index (χ3v) is 5.93. The lowest BCUT2D eigenvalue weighted by molar-refractivity contribution is 0.253. The van der Waals surface area contributed by atoms with Crippen LogP contribution < -0.4 is 5.32 Å². The Bertz CT molecular complexity index is 1170. The Labute approximate surface area is 169 Å². The average Bonchev–Trinajstić information content (AvgIpc) is 3.33. The number of rotatable bonds is 4. The van der Waals surface area contributed by atoms with Gasteiger partial charge in [0, 0.05) is 23.8 Å². The molecule has 0 radical (unpaired) electrons. The molecular weight excluding hydrogens is 362 g/mol. The van der Waals surface area contributed by atoms with Crippen molar-refractivity contribution < 1.29 is 4.63 Å². The largest absolute Gasteiger partial charge is 0.306 e. The van der Waals surface area contributed by atoms with E-state index in [2.05, 4.69) is 71.4 Å². The summed E-state index contributed by atoms with van der Waals surface area (Å²) in [6, 6.07) is 14.7. The quantitative estimate of drug-likeness (QED) is 0.558. The zero-order valence-electron chi connectivity index (χ0n) is 17.0. The maximum absolute atomic E-state index is 4.91. The highest BCUT2D eigenvalue weighted by Crippen LogP contribution is 2.41. The Hall–Kier alpha value is -2.99. The molecule has 0 aliphatic heterocycles. The molecule has 0 spiro atoms. The van der Waals surface area contributed by atoms with Crippen molar-refractivity contribution in [3.63, 3.8) is 0 Å². The first-order chi connectivity index (χ1) is 14.0. The van der Waals surface area contributed by atoms with E-state index in [1.807, 2.05) is 18.3 Å². The number of para-hydroxylation sites is 1. The van der Waals surface area contributed by atoms with Crippen molar-refractivity contribution in [1.29, 1.82) is 0 Å². The van der Waals surface area contributed by atoms with Crippen LogP contribution in [0.4, 0.5) is 0 Å². The van der Waals surface area contributed by atoms with Crippen molar-refractivity contribution in [3.8, 4) is 5.69 Å². The van der Waals surface area contributed by atoms with Gasteiger partial charge in [0.25, 0.3) is 0 Å². The number of nitrogens with zero attached hydrogens (tertiary/aromatic N) is 4. The van der Waals surface area contributed by atoms with E-state index in [-0.39, 0.29) is 11.5 Å². The summed E-state index contributed by atoms with van der Waals surface area (Å²) in [5, 5.41) is 16.5. The molecular formula is C23H25N5O. The number of hydrogen-bond acceptors (Lipinski definition) is 5. The van der Waals surface area contributed by atoms with E-state index in [0.717, 1.165) is 35.1 Å². The van der Waals surface area contributed by atoms with Gasteiger partial charge in [-0.2, -0.15) is 5.10 Å². The fourth-order valence-corrected chi connectivity index (χ4v) is 4.47. The predicted octanol–water partition coefficient (Wildman–Crippen LogP) is 4.52. The second-order valence-corrected chi connectivity index (χ2v) is 8.77. The molecule has 1 atom stereocenters. The molecule has 0 fully saturated rings. The molecule has 0 unspecified atom stereocenters. The summed E-state index contributed by atoms with van der Waals surface area (Å²) in [4.78, 5) is 0. The molecule has 29 heavy (non-hydrogen) atoms. The van der Waals surface area contributed by atoms with Gasteiger partial charge in [-0.25, -0.2) is 9.31 Å². The van der Waals surface area contributed by atoms with Crippen molar-refractivity contribution in [3.05, 3.63) is 71.0 Å². The van der Waals surface area contributed by atoms with Crippen LogP contribution in [0.25, 0.3) is 16.7 Å². The van der Waals surface area contributed by atoms with E-state index < -0.39 is 0 Å². The highest BCUT2D eigenvalue weighted by atomic mass is 16.6. The molecule has 0 saturated carbocycles. The SMILES string of the molecule is Cc1ccccc1-n1ncc2c1CC(C)(C)C[C@H]2NCc1cccc2nonc12. The lowest BCUT2D eigenvalue weighted by Gasteiger charge is -2.36. The molecule has 1 aliphatic carbocycles. The zero-order chi connectivity index (χ0) is 20.0. The first kappa shape index (κ1) is 18.1. The molecule has 2 aromatic carbocycles. The van der Waals surface area contributed by atoms with Crippen LogP contribution in [0.2, 0.25) is 0 Å². The summed E-state index contributed by atoms with van der Waals surface area (Å²) in [7, 11) is 0. The van der Waals surface area contributed by atoms with Gasteiger partial charge >= 0.3 is 0 Å². The number of nitrogens with one attached hydrogen (secondary N) is 1. The van der Waals surface area contributed by atoms with Crippen LogP contribution >= 0.6 is 0 Å². The van der Waals surface area contributed by atoms with Crippen molar-refractivity contribution in [2.24, 2.45) is 5.41 Å². The molecule has 0 bridgehead atoms. The minimum absolute atomic E-state index is 0.187. The summed E-state index contributed by atoms with van der Waals surface area (Å²) >= 11 is 0. The van der Waals surface area contributed by atoms with E-state index >= 15 is 0 Å². The summed E-state index contributed by atoms with van der Waals surface area (Å²) in [5.74, 6) is 0. The second-order valence-electron chi connectivity index (χ2n) is 8.77. The van der Waals surface area contributed by atoms with Crippen LogP contribution in [-0.4, -0.2) is 20.1 Å². The van der Waals surface area contributed by atoms with Crippen molar-refractivity contribution in [2.45, 2.75) is 46.2 Å². The van der Waals surface area contributed by atoms with E-state index in [9.17, 15) is 0 Å². The molecule has 1 aliphatic rings. The molecule has 4 aromatic rings. The van der Waals surface area contributed by atoms with E-state index in [0.29, 0.717) is 6.54 Å². The van der Waals surface area contributed by atoms with Gasteiger partial charge in [-0.1, -0.05) is 44.2 Å². The van der Waals surface area contributed by atoms with E-state index in [4.69, 9.17) is 9.73 Å². The smallest absolute Gasteiger partial charge is 0.139 e. The van der Waals surface area contributed by atoms with Crippen LogP contribution in [0.3, 0.4) is 0 Å². The first-order valence-electron chi connectivity index (χ1n) is 10.1. The molecule has 6 heteroatoms. The van der Waals surface area contributed by atoms with Crippen molar-refractivity contribution in [2.75, 3.05) is 0 Å². The van der Waals surface area contributed by atoms with Crippen LogP contribution in [0.5, 0.6) is 0 Å². The van der Waals surface area contributed by atoms with Gasteiger partial charge in [0.05, 0.1) is 11.9 Å². The highest BCUT2D eigenvalue weighted by molar-refractivity contribution is 5.76. The van der Waals surface area contributed by atoms with Crippen molar-refractivity contribution >= 4 is 11.0 Å². The topological polar surface area (TPSA) is 68.8 Å². The standard InChI is InChI=1S/C23H25N5O/c1-15-7-4-5-10-20(15)28-21-12-23(2,3)11-19(17(21)14-25-28)24-13-16-8-6-9-18-22(16)27-29-26-18/h4-10,14,19,24H,11-13H2,1-3H3/t19-/m1/s1. The van der Waals surface area contributed by atoms with Crippen LogP contribution in [0.15, 0.2) is 53.3 Å². The third kappa shape index (κ3) is 3.23. The Kier molecular flexibility index (Phi) is 4.24. The minimum atomic E-state index is 0.187. The van der Waals surface area contributed by atoms with E-state index in [1.54, 1.807) is 0 Å². The number of fused-ring (bicyclic) bond motifs is 2. The normalized spacial score (nSPS) is 18.1. The molecule has 1 N–H and O–H groups in total. The van der Waals surface area contributed by atoms with Crippen LogP contribution in [0.1, 0.15) is 48.7 Å². The molecule has 2 heterocycles. The summed E-state index contributed by atoms with van der Waals surface area (Å²) < 4.78 is 7.04. The predicted molar refractivity (Wildman–Crippen MR) is 112 cm³/mol. The average molecular weight is 387 g/mol. The molecule has 148 valence electrons. The van der Waals surface area contributed by atoms with Gasteiger partial charge < -0.3 is 5.32 Å². The summed E-state index contributed by atoms with van der Waals surface area (Å²) in [6.07, 6.45) is 4.11. The fourth-order valence-electron chi connectivity index (χ4n) is 4.47. The monoisotopic (exact) mass is 387 g/mol. The van der Waals surface area contributed by atoms with Crippen molar-refractivity contribution in [1.82, 2.24) is 25.4 Å². The fraction of sp³-hybridized carbons (Fsp3) is 0.348. The number of benzene rings is 2. The van der Waals surface area contributed by atoms with Gasteiger partial charge in [0.1, 0.15) is 11.0 Å². The second kappa shape index (κ2) is 6.81. The Balaban J connectivity index is 1.48. The lowest BCUT2D eigenvalue weighted by Crippen LogP contribution is -2.33. The number of hydrogen-bond donors (Lipinski definition) is 1. The Morgan fingerprint density at radius 1 is 1.14 bits per heavy atom. The number of aromatic nitrogens is 4. The Morgan fingerprint density at radius 3 is 2.86 bits per heavy atom. The maximum atomic E-state index is 4.91. The van der Waals surface area contributed by atoms with E-state index in [1.165, 1.54) is 16.8 Å². The Morgan fingerprint density at radius 2 is 2.00 bits per heavy atom. The first-order valence-corrected chi connectivity index (χ1v) is 10.1. The van der Waals surface area contributed by atoms with Gasteiger partial charge in [-0.3, -0.25) is 0 Å². The molecule has 0 amide bonds. The zero-order valence-corrected chi connectivity index (χ0v) is 17.0. The molecule has 5 rings (SSSR count).